The molecule has 23 nitrogen and oxygen atoms in total. The predicted molar refractivity (Wildman–Crippen MR) is 578 cm³/mol. The number of fused-ring (bicyclic) bond motifs is 4. The first-order chi connectivity index (χ1) is 61.5. The van der Waals surface area contributed by atoms with Crippen LogP contribution in [0.3, 0.4) is 0 Å². The Hall–Kier alpha value is -12.0. The summed E-state index contributed by atoms with van der Waals surface area (Å²) >= 11 is 6.98. The molecule has 0 aliphatic heterocycles. The van der Waals surface area contributed by atoms with Crippen molar-refractivity contribution in [2.24, 2.45) is 17.2 Å². The first kappa shape index (κ1) is 129. The summed E-state index contributed by atoms with van der Waals surface area (Å²) in [7, 11) is -1.40. The van der Waals surface area contributed by atoms with E-state index in [0.717, 1.165) is 124 Å². The van der Waals surface area contributed by atoms with Crippen molar-refractivity contribution < 1.29 is 108 Å². The van der Waals surface area contributed by atoms with E-state index in [1.165, 1.54) is 33.4 Å². The van der Waals surface area contributed by atoms with Gasteiger partial charge >= 0.3 is 66.5 Å². The average Bonchev–Trinajstić information content (AvgIpc) is 1.69. The smallest absolute Gasteiger partial charge is 0.870 e. The van der Waals surface area contributed by atoms with Crippen LogP contribution in [0.4, 0.5) is 22.7 Å². The molecule has 4 aliphatic rings. The Labute approximate surface area is 867 Å². The number of para-hydroxylation sites is 4. The number of aromatic carboxylic acids is 1. The number of ether oxygens (including phenoxy) is 3. The van der Waals surface area contributed by atoms with Crippen molar-refractivity contribution in [3.05, 3.63) is 357 Å². The van der Waals surface area contributed by atoms with E-state index in [4.69, 9.17) is 57.4 Å². The van der Waals surface area contributed by atoms with Crippen LogP contribution in [-0.2, 0) is 104 Å². The molecule has 3 amide bonds. The normalized spacial score (nSPS) is 11.0. The number of carbonyl (C=O) groups is 8. The number of carboxylic acid groups (broad SMARTS) is 2. The van der Waals surface area contributed by atoms with Crippen LogP contribution in [0.5, 0.6) is 0 Å². The molecule has 139 heavy (non-hydrogen) atoms. The predicted octanol–water partition coefficient (Wildman–Crippen LogP) is 20.2. The molecular formula is C111H138BBr2ClN7NaO16. The minimum Gasteiger partial charge on any atom is -0.870 e. The first-order valence-electron chi connectivity index (χ1n) is 41.9. The molecule has 0 saturated heterocycles. The quantitative estimate of drug-likeness (QED) is 0.0116. The molecule has 4 aliphatic carbocycles. The van der Waals surface area contributed by atoms with Crippen LogP contribution in [0, 0.1) is 0 Å². The third-order valence-corrected chi connectivity index (χ3v) is 22.7. The SMILES string of the molecule is C.C.C.C.C.C.C.C.CC1=CCc2cc(C(=O)Nc3ccccc3CC(=O)O)cc(-c3cccc(CN)c3)c21.CC1=CCc2cc(C(=O)O)cc(Br)c21.CCOC(=O)Cc1ccccc1N.CCOC(=O)Cc1ccccc1NC(=O)c1cc(Br)c2c(c1)CC=C2C.CCOC(=O)Cc1ccccc1NC(=O)c1cc2c(c(-c3cccc(CN)c3)c1)C(C)=CC2.Cl.NCc1cccc(B(O)O)c1.[Na+].[OH-]. The molecule has 0 atom stereocenters. The number of amides is 3. The summed E-state index contributed by atoms with van der Waals surface area (Å²) in [6.45, 7) is 16.0. The number of halogens is 3. The molecule has 0 unspecified atom stereocenters. The maximum Gasteiger partial charge on any atom is 1.00 e. The zero-order valence-corrected chi connectivity index (χ0v) is 80.3. The van der Waals surface area contributed by atoms with E-state index in [9.17, 15) is 38.4 Å². The van der Waals surface area contributed by atoms with Gasteiger partial charge in [-0.3, -0.25) is 33.6 Å². The number of rotatable bonds is 24. The van der Waals surface area contributed by atoms with Crippen molar-refractivity contribution >= 4 is 149 Å². The largest absolute Gasteiger partial charge is 1.00 e. The van der Waals surface area contributed by atoms with Crippen molar-refractivity contribution in [3.8, 4) is 22.3 Å². The van der Waals surface area contributed by atoms with Crippen molar-refractivity contribution in [2.45, 2.75) is 179 Å². The van der Waals surface area contributed by atoms with E-state index in [0.29, 0.717) is 95.5 Å². The van der Waals surface area contributed by atoms with Crippen molar-refractivity contribution in [1.29, 1.82) is 0 Å². The Morgan fingerprint density at radius 2 is 0.669 bits per heavy atom. The van der Waals surface area contributed by atoms with Gasteiger partial charge in [0.15, 0.2) is 0 Å². The number of nitrogens with two attached hydrogens (primary N) is 4. The number of esters is 3. The van der Waals surface area contributed by atoms with Gasteiger partial charge in [-0.25, -0.2) is 4.79 Å². The van der Waals surface area contributed by atoms with Gasteiger partial charge in [-0.2, -0.15) is 0 Å². The van der Waals surface area contributed by atoms with Gasteiger partial charge < -0.3 is 78.8 Å². The molecule has 28 heteroatoms. The van der Waals surface area contributed by atoms with Gasteiger partial charge in [0.1, 0.15) is 0 Å². The summed E-state index contributed by atoms with van der Waals surface area (Å²) in [5.74, 6) is -3.36. The van der Waals surface area contributed by atoms with Crippen LogP contribution in [0.15, 0.2) is 252 Å². The number of carbonyl (C=O) groups excluding carboxylic acids is 6. The minimum absolute atomic E-state index is 0. The number of aliphatic carboxylic acids is 1. The number of benzene rings is 11. The van der Waals surface area contributed by atoms with Crippen LogP contribution in [0.25, 0.3) is 44.5 Å². The molecule has 0 radical (unpaired) electrons. The molecule has 15 rings (SSSR count). The summed E-state index contributed by atoms with van der Waals surface area (Å²) < 4.78 is 16.7. The van der Waals surface area contributed by atoms with E-state index in [1.807, 2.05) is 134 Å². The Kier molecular flexibility index (Phi) is 58.4. The van der Waals surface area contributed by atoms with E-state index in [1.54, 1.807) is 93.6 Å². The first-order valence-corrected chi connectivity index (χ1v) is 43.4. The molecule has 0 spiro atoms. The minimum atomic E-state index is -1.40. The second-order valence-corrected chi connectivity index (χ2v) is 32.2. The van der Waals surface area contributed by atoms with Gasteiger partial charge in [0.05, 0.1) is 51.1 Å². The topological polar surface area (TPSA) is 415 Å². The maximum absolute atomic E-state index is 13.3. The van der Waals surface area contributed by atoms with E-state index < -0.39 is 19.1 Å². The zero-order chi connectivity index (χ0) is 92.3. The number of hydrogen-bond donors (Lipinski definition) is 11. The van der Waals surface area contributed by atoms with Crippen LogP contribution in [-0.4, -0.2) is 100 Å². The number of anilines is 4. The van der Waals surface area contributed by atoms with Gasteiger partial charge in [-0.05, 0) is 293 Å². The van der Waals surface area contributed by atoms with Crippen molar-refractivity contribution in [3.63, 3.8) is 0 Å². The molecule has 0 fully saturated rings. The molecule has 11 aromatic carbocycles. The summed E-state index contributed by atoms with van der Waals surface area (Å²) in [5.41, 5.74) is 51.5. The summed E-state index contributed by atoms with van der Waals surface area (Å²) in [6, 6.07) is 66.9. The summed E-state index contributed by atoms with van der Waals surface area (Å²) in [5, 5.41) is 44.3. The Balaban J connectivity index is 0. The second-order valence-electron chi connectivity index (χ2n) is 30.5. The third-order valence-electron chi connectivity index (χ3n) is 21.5. The molecule has 11 aromatic rings. The van der Waals surface area contributed by atoms with Crippen molar-refractivity contribution in [1.82, 2.24) is 0 Å². The fourth-order valence-electron chi connectivity index (χ4n) is 15.2. The van der Waals surface area contributed by atoms with Gasteiger partial charge in [0, 0.05) is 68.0 Å². The molecule has 0 heterocycles. The fraction of sp³-hybridized carbons (Fsp3) is 0.261. The average molecular weight is 2060 g/mol. The third kappa shape index (κ3) is 35.7. The van der Waals surface area contributed by atoms with E-state index in [2.05, 4.69) is 111 Å². The number of allylic oxidation sites excluding steroid dienone is 8. The van der Waals surface area contributed by atoms with Gasteiger partial charge in [0.25, 0.3) is 17.7 Å². The summed E-state index contributed by atoms with van der Waals surface area (Å²) in [4.78, 5) is 96.0. The van der Waals surface area contributed by atoms with Crippen molar-refractivity contribution in [2.75, 3.05) is 41.5 Å². The molecular weight excluding hydrogens is 1920 g/mol. The monoisotopic (exact) mass is 2050 g/mol. The molecule has 0 bridgehead atoms. The Bertz CT molecular complexity index is 6140. The zero-order valence-electron chi connectivity index (χ0n) is 74.3. The molecule has 738 valence electrons. The van der Waals surface area contributed by atoms with Crippen LogP contribution in [0.2, 0.25) is 0 Å². The fourth-order valence-corrected chi connectivity index (χ4v) is 16.8. The van der Waals surface area contributed by atoms with Gasteiger partial charge in [-0.15, -0.1) is 12.4 Å². The van der Waals surface area contributed by atoms with Gasteiger partial charge in [-0.1, -0.05) is 249 Å². The van der Waals surface area contributed by atoms with Gasteiger partial charge in [0.2, 0.25) is 0 Å². The number of carboxylic acids is 2. The molecule has 0 saturated carbocycles. The van der Waals surface area contributed by atoms with E-state index >= 15 is 0 Å². The van der Waals surface area contributed by atoms with Crippen LogP contribution in [0.1, 0.15) is 233 Å². The van der Waals surface area contributed by atoms with Crippen LogP contribution < -0.4 is 73.9 Å². The number of nitrogen functional groups attached to an aromatic ring is 1. The Morgan fingerprint density at radius 1 is 0.374 bits per heavy atom. The van der Waals surface area contributed by atoms with E-state index in [-0.39, 0.29) is 168 Å². The number of nitrogens with one attached hydrogen (secondary N) is 3. The second kappa shape index (κ2) is 62.9. The standard InChI is InChI=1S/C28H28N2O3.C26H24N2O3.C21H20BrNO3.C11H9BrO2.C10H13NO2.C7H10BNO2.8CH4.ClH.Na.H2O/c1-3-33-26(31)16-21-8-4-5-10-25(21)30-28(32)23-14-22-12-11-18(2)27(22)24(15-23)20-9-6-7-19(13-20)17-29;1-16-9-10-20-12-21(13-22(25(16)20)18-7-4-5-17(11-18)15-27)26(31)28-23-8-3-2-6-19(23)14-24(29)30;1-3-26-19(24)12-14-6-4-5-7-18(14)23-21(25)16-10-15-9-8-13(2)20(15)17(22)11-16;1-6-2-3-7-4-8(11(13)14)5-9(12)10(6)7;1-2-13-10(12)7-8-5-3-4-6-9(8)11;9-5-6-2-1-3-7(4-6)8(10)11;;;;;;;;;;;/h4-11,13-15H,3,12,16-17,29H2,1-2H3,(H,30,32);2-9,11-13H,10,14-15,27H2,1H3,(H,28,31)(H,29,30);4-8,10-11H,3,9,12H2,1-2H3,(H,23,25);2,4-5H,3H2,1H3,(H,13,14);3-6H,2,7,11H2,1H3;1-4,10-11H,5,9H2;8*1H4;1H;;1H2/q;;;;;;;;;;;;;;;+1;/p-1. The summed E-state index contributed by atoms with van der Waals surface area (Å²) in [6.07, 6.45) is 12.2. The van der Waals surface area contributed by atoms with Crippen LogP contribution >= 0.6 is 44.3 Å². The molecule has 0 aromatic heterocycles. The maximum atomic E-state index is 13.3. The molecule has 16 N–H and O–H groups in total. The Morgan fingerprint density at radius 3 is 1.01 bits per heavy atom. The number of hydrogen-bond acceptors (Lipinski definition) is 18.